The number of aliphatic hydroxyl groups is 1. The molecule has 3 aromatic heterocycles. The number of hydrogen-bond donors (Lipinski definition) is 2. The fourth-order valence-electron chi connectivity index (χ4n) is 4.51. The van der Waals surface area contributed by atoms with Crippen LogP contribution in [0.1, 0.15) is 12.5 Å². The summed E-state index contributed by atoms with van der Waals surface area (Å²) in [4.78, 5) is 25.2. The second-order valence-electron chi connectivity index (χ2n) is 8.67. The minimum atomic E-state index is -0.228. The van der Waals surface area contributed by atoms with Crippen LogP contribution in [0.2, 0.25) is 0 Å². The van der Waals surface area contributed by atoms with Gasteiger partial charge in [0.05, 0.1) is 25.9 Å². The molecule has 1 atom stereocenters. The highest BCUT2D eigenvalue weighted by Gasteiger charge is 2.29. The summed E-state index contributed by atoms with van der Waals surface area (Å²) in [5.74, 6) is 2.03. The third-order valence-electron chi connectivity index (χ3n) is 6.40. The maximum atomic E-state index is 10.1. The van der Waals surface area contributed by atoms with Gasteiger partial charge in [-0.15, -0.1) is 0 Å². The number of rotatable bonds is 7. The average Bonchev–Trinajstić information content (AvgIpc) is 3.34. The number of morpholine rings is 1. The molecule has 0 amide bonds. The van der Waals surface area contributed by atoms with Crippen LogP contribution >= 0.6 is 0 Å². The lowest BCUT2D eigenvalue weighted by Gasteiger charge is -2.35. The van der Waals surface area contributed by atoms with Crippen LogP contribution in [-0.2, 0) is 11.3 Å². The summed E-state index contributed by atoms with van der Waals surface area (Å²) in [6.07, 6.45) is 6.93. The van der Waals surface area contributed by atoms with Crippen molar-refractivity contribution in [3.05, 3.63) is 60.4 Å². The zero-order valence-electron chi connectivity index (χ0n) is 20.9. The Morgan fingerprint density at radius 1 is 1.19 bits per heavy atom. The number of aliphatic hydroxyl groups excluding tert-OH is 1. The Balaban J connectivity index is 1.74. The molecule has 190 valence electrons. The SMILES string of the molecule is CCn1c(-c2ccncc2)nc2c(N3CCOC[C@H]3CO)nc(-c3cccc(/C(N)=C/C=NC)c3)nc21. The third kappa shape index (κ3) is 4.81. The van der Waals surface area contributed by atoms with Crippen LogP contribution in [0.3, 0.4) is 0 Å². The van der Waals surface area contributed by atoms with Crippen molar-refractivity contribution in [2.75, 3.05) is 38.3 Å². The summed E-state index contributed by atoms with van der Waals surface area (Å²) in [6, 6.07) is 11.5. The lowest BCUT2D eigenvalue weighted by molar-refractivity contribution is 0.0724. The zero-order chi connectivity index (χ0) is 25.8. The van der Waals surface area contributed by atoms with Crippen LogP contribution in [0.25, 0.3) is 39.6 Å². The number of nitrogens with zero attached hydrogens (tertiary/aromatic N) is 7. The molecule has 0 bridgehead atoms. The minimum absolute atomic E-state index is 0.0533. The molecule has 0 aliphatic carbocycles. The zero-order valence-corrected chi connectivity index (χ0v) is 20.9. The third-order valence-corrected chi connectivity index (χ3v) is 6.40. The van der Waals surface area contributed by atoms with Crippen LogP contribution < -0.4 is 10.6 Å². The van der Waals surface area contributed by atoms with E-state index < -0.39 is 0 Å². The van der Waals surface area contributed by atoms with Crippen LogP contribution in [0.4, 0.5) is 5.82 Å². The Kier molecular flexibility index (Phi) is 7.20. The molecule has 0 saturated carbocycles. The van der Waals surface area contributed by atoms with E-state index >= 15 is 0 Å². The summed E-state index contributed by atoms with van der Waals surface area (Å²) < 4.78 is 7.72. The molecule has 4 aromatic rings. The molecule has 10 heteroatoms. The summed E-state index contributed by atoms with van der Waals surface area (Å²) >= 11 is 0. The lowest BCUT2D eigenvalue weighted by atomic mass is 10.1. The summed E-state index contributed by atoms with van der Waals surface area (Å²) in [7, 11) is 1.70. The van der Waals surface area contributed by atoms with Crippen molar-refractivity contribution in [3.63, 3.8) is 0 Å². The van der Waals surface area contributed by atoms with Crippen molar-refractivity contribution in [3.8, 4) is 22.8 Å². The number of allylic oxidation sites excluding steroid dienone is 1. The first-order valence-electron chi connectivity index (χ1n) is 12.3. The molecule has 1 aliphatic heterocycles. The highest BCUT2D eigenvalue weighted by Crippen LogP contribution is 2.33. The molecule has 5 rings (SSSR count). The van der Waals surface area contributed by atoms with Crippen LogP contribution in [0, 0.1) is 0 Å². The Hall–Kier alpha value is -4.15. The van der Waals surface area contributed by atoms with E-state index in [1.807, 2.05) is 36.4 Å². The second kappa shape index (κ2) is 10.9. The van der Waals surface area contributed by atoms with Crippen molar-refractivity contribution >= 4 is 28.9 Å². The molecule has 1 saturated heterocycles. The van der Waals surface area contributed by atoms with Gasteiger partial charge in [-0.2, -0.15) is 0 Å². The van der Waals surface area contributed by atoms with Gasteiger partial charge < -0.3 is 25.0 Å². The maximum Gasteiger partial charge on any atom is 0.166 e. The van der Waals surface area contributed by atoms with Gasteiger partial charge in [0.15, 0.2) is 22.8 Å². The first-order chi connectivity index (χ1) is 18.1. The monoisotopic (exact) mass is 498 g/mol. The number of nitrogens with two attached hydrogens (primary N) is 1. The number of pyridine rings is 1. The number of aliphatic imine (C=N–C) groups is 1. The van der Waals surface area contributed by atoms with E-state index in [-0.39, 0.29) is 12.6 Å². The largest absolute Gasteiger partial charge is 0.398 e. The van der Waals surface area contributed by atoms with Crippen LogP contribution in [-0.4, -0.2) is 75.3 Å². The normalized spacial score (nSPS) is 16.7. The van der Waals surface area contributed by atoms with Crippen molar-refractivity contribution in [1.29, 1.82) is 0 Å². The molecule has 37 heavy (non-hydrogen) atoms. The fraction of sp³-hybridized carbons (Fsp3) is 0.296. The first-order valence-corrected chi connectivity index (χ1v) is 12.3. The lowest BCUT2D eigenvalue weighted by Crippen LogP contribution is -2.48. The van der Waals surface area contributed by atoms with Gasteiger partial charge in [-0.05, 0) is 36.8 Å². The standard InChI is InChI=1S/C27H30N8O2/c1-3-34-25(18-7-11-30-12-8-18)31-23-26(34)32-24(33-27(23)35-13-14-37-17-21(35)16-36)20-6-4-5-19(15-20)22(28)9-10-29-2/h4-12,15,21,36H,3,13-14,16-17,28H2,1-2H3/b22-9-,29-10?/t21-/m1/s1. The van der Waals surface area contributed by atoms with E-state index in [2.05, 4.69) is 26.4 Å². The highest BCUT2D eigenvalue weighted by molar-refractivity contribution is 5.89. The maximum absolute atomic E-state index is 10.1. The quantitative estimate of drug-likeness (QED) is 0.372. The molecular formula is C27H30N8O2. The van der Waals surface area contributed by atoms with Crippen LogP contribution in [0.15, 0.2) is 59.9 Å². The summed E-state index contributed by atoms with van der Waals surface area (Å²) in [5.41, 5.74) is 10.9. The highest BCUT2D eigenvalue weighted by atomic mass is 16.5. The number of fused-ring (bicyclic) bond motifs is 1. The number of aromatic nitrogens is 5. The predicted molar refractivity (Wildman–Crippen MR) is 145 cm³/mol. The van der Waals surface area contributed by atoms with Gasteiger partial charge in [-0.3, -0.25) is 9.98 Å². The minimum Gasteiger partial charge on any atom is -0.398 e. The number of benzene rings is 1. The Morgan fingerprint density at radius 2 is 2.03 bits per heavy atom. The molecular weight excluding hydrogens is 468 g/mol. The van der Waals surface area contributed by atoms with Gasteiger partial charge in [0.2, 0.25) is 0 Å². The molecule has 1 fully saturated rings. The van der Waals surface area contributed by atoms with Crippen LogP contribution in [0.5, 0.6) is 0 Å². The average molecular weight is 499 g/mol. The second-order valence-corrected chi connectivity index (χ2v) is 8.67. The number of hydrogen-bond acceptors (Lipinski definition) is 9. The number of ether oxygens (including phenoxy) is 1. The van der Waals surface area contributed by atoms with Crippen molar-refractivity contribution in [2.24, 2.45) is 10.7 Å². The molecule has 10 nitrogen and oxygen atoms in total. The Labute approximate surface area is 215 Å². The van der Waals surface area contributed by atoms with E-state index in [4.69, 9.17) is 25.4 Å². The van der Waals surface area contributed by atoms with Crippen molar-refractivity contribution in [2.45, 2.75) is 19.5 Å². The summed E-state index contributed by atoms with van der Waals surface area (Å²) in [5, 5.41) is 10.1. The first kappa shape index (κ1) is 24.5. The number of imidazole rings is 1. The van der Waals surface area contributed by atoms with Gasteiger partial charge in [0.25, 0.3) is 0 Å². The van der Waals surface area contributed by atoms with E-state index in [1.54, 1.807) is 31.7 Å². The predicted octanol–water partition coefficient (Wildman–Crippen LogP) is 2.77. The van der Waals surface area contributed by atoms with Crippen molar-refractivity contribution < 1.29 is 9.84 Å². The molecule has 1 aliphatic rings. The molecule has 0 unspecified atom stereocenters. The molecule has 3 N–H and O–H groups in total. The Morgan fingerprint density at radius 3 is 2.78 bits per heavy atom. The van der Waals surface area contributed by atoms with Gasteiger partial charge >= 0.3 is 0 Å². The molecule has 0 spiro atoms. The Bertz CT molecular complexity index is 1450. The molecule has 1 aromatic carbocycles. The molecule has 4 heterocycles. The smallest absolute Gasteiger partial charge is 0.166 e. The number of anilines is 1. The number of aryl methyl sites for hydroxylation is 1. The fourth-order valence-corrected chi connectivity index (χ4v) is 4.51. The summed E-state index contributed by atoms with van der Waals surface area (Å²) in [6.45, 7) is 4.23. The van der Waals surface area contributed by atoms with Gasteiger partial charge in [0, 0.05) is 55.6 Å². The van der Waals surface area contributed by atoms with E-state index in [1.165, 1.54) is 0 Å². The van der Waals surface area contributed by atoms with E-state index in [9.17, 15) is 5.11 Å². The van der Waals surface area contributed by atoms with Gasteiger partial charge in [-0.1, -0.05) is 18.2 Å². The van der Waals surface area contributed by atoms with Gasteiger partial charge in [0.1, 0.15) is 5.82 Å². The van der Waals surface area contributed by atoms with Crippen molar-refractivity contribution in [1.82, 2.24) is 24.5 Å². The van der Waals surface area contributed by atoms with E-state index in [0.29, 0.717) is 49.2 Å². The van der Waals surface area contributed by atoms with E-state index in [0.717, 1.165) is 28.2 Å². The molecule has 0 radical (unpaired) electrons. The topological polar surface area (TPSA) is 128 Å². The van der Waals surface area contributed by atoms with Gasteiger partial charge in [-0.25, -0.2) is 15.0 Å².